The summed E-state index contributed by atoms with van der Waals surface area (Å²) in [5.74, 6) is 0. The number of hydrogen-bond acceptors (Lipinski definition) is 2. The summed E-state index contributed by atoms with van der Waals surface area (Å²) in [5, 5.41) is 0. The monoisotopic (exact) mass is 208 g/mol. The van der Waals surface area contributed by atoms with E-state index in [1.165, 1.54) is 0 Å². The van der Waals surface area contributed by atoms with Crippen LogP contribution in [0.5, 0.6) is 0 Å². The van der Waals surface area contributed by atoms with Crippen LogP contribution in [0.2, 0.25) is 0 Å². The molecule has 0 aliphatic heterocycles. The Balaban J connectivity index is 3.00. The van der Waals surface area contributed by atoms with Crippen LogP contribution < -0.4 is 0 Å². The first-order valence-electron chi connectivity index (χ1n) is 4.49. The molecule has 0 N–H and O–H groups in total. The number of rotatable bonds is 4. The van der Waals surface area contributed by atoms with Crippen LogP contribution in [0.15, 0.2) is 30.8 Å². The summed E-state index contributed by atoms with van der Waals surface area (Å²) in [5.41, 5.74) is 1.63. The first kappa shape index (κ1) is 11.2. The van der Waals surface area contributed by atoms with Crippen LogP contribution in [-0.2, 0) is 14.9 Å². The zero-order valence-corrected chi connectivity index (χ0v) is 10.9. The summed E-state index contributed by atoms with van der Waals surface area (Å²) in [4.78, 5) is 0. The fraction of sp³-hybridized carbons (Fsp3) is 0.273. The lowest BCUT2D eigenvalue weighted by Crippen LogP contribution is -2.30. The van der Waals surface area contributed by atoms with Crippen molar-refractivity contribution in [3.05, 3.63) is 42.0 Å². The summed E-state index contributed by atoms with van der Waals surface area (Å²) >= 11 is 0. The molecule has 0 saturated carbocycles. The third-order valence-electron chi connectivity index (χ3n) is 2.45. The van der Waals surface area contributed by atoms with Gasteiger partial charge in [0, 0.05) is 19.8 Å². The van der Waals surface area contributed by atoms with Gasteiger partial charge in [0.05, 0.1) is 10.2 Å². The molecular weight excluding hydrogens is 192 g/mol. The molecular formula is C11H16O2Si. The molecule has 0 aliphatic carbocycles. The van der Waals surface area contributed by atoms with E-state index in [9.17, 15) is 0 Å². The predicted octanol–water partition coefficient (Wildman–Crippen LogP) is 1.10. The number of hydrogen-bond donors (Lipinski definition) is 0. The Morgan fingerprint density at radius 3 is 2.07 bits per heavy atom. The SMILES string of the molecule is C=Cc1ccc(C([SiH3])(OC)OC)cc1. The maximum atomic E-state index is 5.36. The second-order valence-corrected chi connectivity index (χ2v) is 4.50. The maximum absolute atomic E-state index is 5.36. The molecule has 0 radical (unpaired) electrons. The lowest BCUT2D eigenvalue weighted by molar-refractivity contribution is -0.148. The van der Waals surface area contributed by atoms with Gasteiger partial charge in [0.25, 0.3) is 0 Å². The molecule has 0 bridgehead atoms. The third-order valence-corrected chi connectivity index (χ3v) is 3.84. The molecule has 0 saturated heterocycles. The van der Waals surface area contributed by atoms with Crippen molar-refractivity contribution < 1.29 is 9.47 Å². The van der Waals surface area contributed by atoms with Crippen LogP contribution in [0.4, 0.5) is 0 Å². The van der Waals surface area contributed by atoms with Crippen molar-refractivity contribution >= 4 is 16.3 Å². The van der Waals surface area contributed by atoms with Crippen molar-refractivity contribution in [3.8, 4) is 0 Å². The van der Waals surface area contributed by atoms with Crippen molar-refractivity contribution in [2.24, 2.45) is 0 Å². The van der Waals surface area contributed by atoms with Gasteiger partial charge in [-0.15, -0.1) is 0 Å². The fourth-order valence-corrected chi connectivity index (χ4v) is 1.57. The van der Waals surface area contributed by atoms with Gasteiger partial charge in [0.2, 0.25) is 0 Å². The van der Waals surface area contributed by atoms with E-state index in [-0.39, 0.29) is 0 Å². The van der Waals surface area contributed by atoms with E-state index in [2.05, 4.69) is 6.58 Å². The van der Waals surface area contributed by atoms with E-state index in [1.807, 2.05) is 30.3 Å². The number of ether oxygens (including phenoxy) is 2. The number of benzene rings is 1. The minimum Gasteiger partial charge on any atom is -0.354 e. The topological polar surface area (TPSA) is 18.5 Å². The van der Waals surface area contributed by atoms with Crippen LogP contribution in [0.3, 0.4) is 0 Å². The Morgan fingerprint density at radius 2 is 1.71 bits per heavy atom. The van der Waals surface area contributed by atoms with Crippen molar-refractivity contribution in [2.45, 2.75) is 5.41 Å². The van der Waals surface area contributed by atoms with E-state index in [0.717, 1.165) is 21.4 Å². The first-order valence-corrected chi connectivity index (χ1v) is 5.49. The standard InChI is InChI=1S/C11H16O2Si/c1-4-9-5-7-10(8-6-9)11(14,12-2)13-3/h4-8H,1H2,2-3,14H3. The van der Waals surface area contributed by atoms with Gasteiger partial charge in [-0.2, -0.15) is 0 Å². The van der Waals surface area contributed by atoms with Crippen molar-refractivity contribution in [1.82, 2.24) is 0 Å². The van der Waals surface area contributed by atoms with Gasteiger partial charge in [0.1, 0.15) is 0 Å². The van der Waals surface area contributed by atoms with E-state index < -0.39 is 5.41 Å². The lowest BCUT2D eigenvalue weighted by Gasteiger charge is -2.27. The minimum absolute atomic E-state index is 0.528. The summed E-state index contributed by atoms with van der Waals surface area (Å²) < 4.78 is 10.7. The smallest absolute Gasteiger partial charge is 0.165 e. The first-order chi connectivity index (χ1) is 6.66. The van der Waals surface area contributed by atoms with Gasteiger partial charge in [-0.05, 0) is 5.56 Å². The molecule has 0 heterocycles. The van der Waals surface area contributed by atoms with Gasteiger partial charge in [-0.3, -0.25) is 0 Å². The van der Waals surface area contributed by atoms with E-state index in [1.54, 1.807) is 14.2 Å². The Labute approximate surface area is 88.0 Å². The van der Waals surface area contributed by atoms with Crippen LogP contribution in [-0.4, -0.2) is 24.5 Å². The second-order valence-electron chi connectivity index (χ2n) is 3.18. The molecule has 0 aromatic heterocycles. The highest BCUT2D eigenvalue weighted by molar-refractivity contribution is 6.13. The van der Waals surface area contributed by atoms with Crippen molar-refractivity contribution in [3.63, 3.8) is 0 Å². The molecule has 1 aromatic rings. The van der Waals surface area contributed by atoms with Gasteiger partial charge >= 0.3 is 0 Å². The van der Waals surface area contributed by atoms with Gasteiger partial charge in [0.15, 0.2) is 5.41 Å². The van der Waals surface area contributed by atoms with Crippen LogP contribution in [0, 0.1) is 0 Å². The van der Waals surface area contributed by atoms with Gasteiger partial charge < -0.3 is 9.47 Å². The van der Waals surface area contributed by atoms with Crippen molar-refractivity contribution in [2.75, 3.05) is 14.2 Å². The van der Waals surface area contributed by atoms with Crippen LogP contribution in [0.25, 0.3) is 6.08 Å². The Hall–Kier alpha value is -0.903. The van der Waals surface area contributed by atoms with E-state index >= 15 is 0 Å². The maximum Gasteiger partial charge on any atom is 0.165 e. The normalized spacial score (nSPS) is 11.6. The van der Waals surface area contributed by atoms with Gasteiger partial charge in [-0.25, -0.2) is 0 Å². The molecule has 1 rings (SSSR count). The van der Waals surface area contributed by atoms with E-state index in [0.29, 0.717) is 0 Å². The Bertz CT molecular complexity index is 302. The molecule has 0 atom stereocenters. The highest BCUT2D eigenvalue weighted by atomic mass is 28.1. The van der Waals surface area contributed by atoms with Gasteiger partial charge in [-0.1, -0.05) is 36.9 Å². The molecule has 1 aromatic carbocycles. The highest BCUT2D eigenvalue weighted by Gasteiger charge is 2.24. The zero-order chi connectivity index (χ0) is 10.6. The molecule has 76 valence electrons. The highest BCUT2D eigenvalue weighted by Crippen LogP contribution is 2.22. The average molecular weight is 208 g/mol. The van der Waals surface area contributed by atoms with Crippen LogP contribution >= 0.6 is 0 Å². The summed E-state index contributed by atoms with van der Waals surface area (Å²) in [7, 11) is 4.12. The Morgan fingerprint density at radius 1 is 1.21 bits per heavy atom. The van der Waals surface area contributed by atoms with Crippen molar-refractivity contribution in [1.29, 1.82) is 0 Å². The lowest BCUT2D eigenvalue weighted by atomic mass is 10.1. The molecule has 3 heteroatoms. The second kappa shape index (κ2) is 4.55. The molecule has 0 unspecified atom stereocenters. The molecule has 14 heavy (non-hydrogen) atoms. The quantitative estimate of drug-likeness (QED) is 0.545. The molecule has 2 nitrogen and oxygen atoms in total. The fourth-order valence-electron chi connectivity index (χ4n) is 1.24. The molecule has 0 spiro atoms. The predicted molar refractivity (Wildman–Crippen MR) is 62.2 cm³/mol. The summed E-state index contributed by atoms with van der Waals surface area (Å²) in [6.07, 6.45) is 1.82. The average Bonchev–Trinajstić information content (AvgIpc) is 2.28. The minimum atomic E-state index is -0.528. The molecule has 0 aliphatic rings. The third kappa shape index (κ3) is 2.12. The molecule has 0 amide bonds. The molecule has 0 fully saturated rings. The summed E-state index contributed by atoms with van der Waals surface area (Å²) in [6.45, 7) is 3.71. The van der Waals surface area contributed by atoms with Crippen LogP contribution in [0.1, 0.15) is 11.1 Å². The zero-order valence-electron chi connectivity index (χ0n) is 8.91. The summed E-state index contributed by atoms with van der Waals surface area (Å²) in [6, 6.07) is 8.04. The Kier molecular flexibility index (Phi) is 3.63. The van der Waals surface area contributed by atoms with E-state index in [4.69, 9.17) is 9.47 Å². The largest absolute Gasteiger partial charge is 0.354 e. The number of methoxy groups -OCH3 is 2.